The first-order valence-corrected chi connectivity index (χ1v) is 6.15. The molecule has 6 heteroatoms. The molecule has 1 fully saturated rings. The van der Waals surface area contributed by atoms with Crippen LogP contribution in [0.2, 0.25) is 10.0 Å². The number of morpholine rings is 1. The van der Waals surface area contributed by atoms with Crippen LogP contribution in [0.15, 0.2) is 18.2 Å². The fourth-order valence-electron chi connectivity index (χ4n) is 1.89. The SMILES string of the molecule is CC(c1ccc(Cl)cc1Cl)N1CC(=O)OC(=O)C1. The molecule has 0 spiro atoms. The second-order valence-electron chi connectivity index (χ2n) is 4.09. The molecule has 18 heavy (non-hydrogen) atoms. The predicted molar refractivity (Wildman–Crippen MR) is 67.5 cm³/mol. The number of carbonyl (C=O) groups is 2. The third-order valence-corrected chi connectivity index (χ3v) is 3.41. The smallest absolute Gasteiger partial charge is 0.327 e. The van der Waals surface area contributed by atoms with E-state index in [1.54, 1.807) is 23.1 Å². The van der Waals surface area contributed by atoms with Crippen molar-refractivity contribution in [3.8, 4) is 0 Å². The molecule has 0 amide bonds. The van der Waals surface area contributed by atoms with Crippen LogP contribution in [0.25, 0.3) is 0 Å². The van der Waals surface area contributed by atoms with Crippen molar-refractivity contribution in [3.05, 3.63) is 33.8 Å². The summed E-state index contributed by atoms with van der Waals surface area (Å²) in [6, 6.07) is 4.99. The maximum absolute atomic E-state index is 11.2. The first-order valence-electron chi connectivity index (χ1n) is 5.40. The average molecular weight is 288 g/mol. The molecule has 0 saturated carbocycles. The number of nitrogens with zero attached hydrogens (tertiary/aromatic N) is 1. The van der Waals surface area contributed by atoms with E-state index < -0.39 is 11.9 Å². The van der Waals surface area contributed by atoms with Crippen molar-refractivity contribution >= 4 is 35.1 Å². The van der Waals surface area contributed by atoms with E-state index in [-0.39, 0.29) is 19.1 Å². The normalized spacial score (nSPS) is 18.6. The fraction of sp³-hybridized carbons (Fsp3) is 0.333. The molecule has 0 N–H and O–H groups in total. The molecule has 1 unspecified atom stereocenters. The summed E-state index contributed by atoms with van der Waals surface area (Å²) in [5, 5.41) is 1.06. The lowest BCUT2D eigenvalue weighted by molar-refractivity contribution is -0.167. The fourth-order valence-corrected chi connectivity index (χ4v) is 2.46. The van der Waals surface area contributed by atoms with Gasteiger partial charge in [0.15, 0.2) is 0 Å². The highest BCUT2D eigenvalue weighted by Crippen LogP contribution is 2.30. The van der Waals surface area contributed by atoms with Crippen LogP contribution in [0.1, 0.15) is 18.5 Å². The van der Waals surface area contributed by atoms with Crippen LogP contribution in [0.4, 0.5) is 0 Å². The van der Waals surface area contributed by atoms with Gasteiger partial charge in [0.05, 0.1) is 13.1 Å². The van der Waals surface area contributed by atoms with Gasteiger partial charge in [-0.05, 0) is 24.6 Å². The van der Waals surface area contributed by atoms with E-state index in [0.717, 1.165) is 5.56 Å². The summed E-state index contributed by atoms with van der Waals surface area (Å²) < 4.78 is 4.48. The zero-order chi connectivity index (χ0) is 13.3. The summed E-state index contributed by atoms with van der Waals surface area (Å²) in [4.78, 5) is 24.2. The third kappa shape index (κ3) is 2.83. The number of cyclic esters (lactones) is 2. The molecule has 4 nitrogen and oxygen atoms in total. The highest BCUT2D eigenvalue weighted by Gasteiger charge is 2.29. The topological polar surface area (TPSA) is 46.6 Å². The van der Waals surface area contributed by atoms with E-state index in [2.05, 4.69) is 4.74 Å². The Hall–Kier alpha value is -1.10. The summed E-state index contributed by atoms with van der Waals surface area (Å²) in [6.07, 6.45) is 0. The summed E-state index contributed by atoms with van der Waals surface area (Å²) in [6.45, 7) is 2.03. The van der Waals surface area contributed by atoms with Gasteiger partial charge in [-0.2, -0.15) is 0 Å². The Bertz CT molecular complexity index is 488. The van der Waals surface area contributed by atoms with E-state index >= 15 is 0 Å². The number of benzene rings is 1. The quantitative estimate of drug-likeness (QED) is 0.619. The maximum Gasteiger partial charge on any atom is 0.327 e. The Kier molecular flexibility index (Phi) is 3.90. The minimum atomic E-state index is -0.539. The first kappa shape index (κ1) is 13.3. The monoisotopic (exact) mass is 287 g/mol. The molecule has 1 atom stereocenters. The summed E-state index contributed by atoms with van der Waals surface area (Å²) >= 11 is 11.9. The number of esters is 2. The van der Waals surface area contributed by atoms with Crippen LogP contribution in [0.3, 0.4) is 0 Å². The minimum Gasteiger partial charge on any atom is -0.391 e. The molecule has 1 aliphatic heterocycles. The van der Waals surface area contributed by atoms with Gasteiger partial charge in [0, 0.05) is 16.1 Å². The summed E-state index contributed by atoms with van der Waals surface area (Å²) in [5.41, 5.74) is 0.823. The molecule has 1 aromatic carbocycles. The van der Waals surface area contributed by atoms with Crippen LogP contribution in [0, 0.1) is 0 Å². The Morgan fingerprint density at radius 1 is 1.22 bits per heavy atom. The summed E-state index contributed by atoms with van der Waals surface area (Å²) in [7, 11) is 0. The Morgan fingerprint density at radius 2 is 1.83 bits per heavy atom. The van der Waals surface area contributed by atoms with Crippen molar-refractivity contribution in [1.29, 1.82) is 0 Å². The standard InChI is InChI=1S/C12H11Cl2NO3/c1-7(9-3-2-8(13)4-10(9)14)15-5-11(16)18-12(17)6-15/h2-4,7H,5-6H2,1H3. The van der Waals surface area contributed by atoms with Crippen molar-refractivity contribution in [3.63, 3.8) is 0 Å². The van der Waals surface area contributed by atoms with Gasteiger partial charge < -0.3 is 4.74 Å². The van der Waals surface area contributed by atoms with Gasteiger partial charge in [0.25, 0.3) is 0 Å². The highest BCUT2D eigenvalue weighted by molar-refractivity contribution is 6.35. The molecule has 1 aromatic rings. The minimum absolute atomic E-state index is 0.0753. The highest BCUT2D eigenvalue weighted by atomic mass is 35.5. The molecule has 96 valence electrons. The van der Waals surface area contributed by atoms with E-state index in [1.165, 1.54) is 0 Å². The van der Waals surface area contributed by atoms with Crippen molar-refractivity contribution < 1.29 is 14.3 Å². The Labute approximate surface area is 114 Å². The Morgan fingerprint density at radius 3 is 2.39 bits per heavy atom. The third-order valence-electron chi connectivity index (χ3n) is 2.85. The zero-order valence-corrected chi connectivity index (χ0v) is 11.2. The van der Waals surface area contributed by atoms with Gasteiger partial charge >= 0.3 is 11.9 Å². The number of carbonyl (C=O) groups excluding carboxylic acids is 2. The van der Waals surface area contributed by atoms with Crippen molar-refractivity contribution in [2.24, 2.45) is 0 Å². The summed E-state index contributed by atoms with van der Waals surface area (Å²) in [5.74, 6) is -1.08. The van der Waals surface area contributed by atoms with Crippen LogP contribution in [0.5, 0.6) is 0 Å². The van der Waals surface area contributed by atoms with Crippen molar-refractivity contribution in [2.75, 3.05) is 13.1 Å². The van der Waals surface area contributed by atoms with Crippen molar-refractivity contribution in [1.82, 2.24) is 4.90 Å². The van der Waals surface area contributed by atoms with Gasteiger partial charge in [-0.3, -0.25) is 14.5 Å². The van der Waals surface area contributed by atoms with E-state index in [1.807, 2.05) is 6.92 Å². The van der Waals surface area contributed by atoms with Gasteiger partial charge in [-0.15, -0.1) is 0 Å². The van der Waals surface area contributed by atoms with E-state index in [4.69, 9.17) is 23.2 Å². The molecule has 0 bridgehead atoms. The lowest BCUT2D eigenvalue weighted by Crippen LogP contribution is -2.44. The van der Waals surface area contributed by atoms with Gasteiger partial charge in [-0.1, -0.05) is 29.3 Å². The second-order valence-corrected chi connectivity index (χ2v) is 4.94. The van der Waals surface area contributed by atoms with E-state index in [9.17, 15) is 9.59 Å². The lowest BCUT2D eigenvalue weighted by Gasteiger charge is -2.30. The van der Waals surface area contributed by atoms with Crippen molar-refractivity contribution in [2.45, 2.75) is 13.0 Å². The molecular weight excluding hydrogens is 277 g/mol. The lowest BCUT2D eigenvalue weighted by atomic mass is 10.1. The van der Waals surface area contributed by atoms with Crippen LogP contribution in [-0.2, 0) is 14.3 Å². The van der Waals surface area contributed by atoms with E-state index in [0.29, 0.717) is 10.0 Å². The average Bonchev–Trinajstić information content (AvgIpc) is 2.26. The molecule has 0 radical (unpaired) electrons. The number of halogens is 2. The van der Waals surface area contributed by atoms with Crippen LogP contribution >= 0.6 is 23.2 Å². The molecule has 1 saturated heterocycles. The molecule has 0 aromatic heterocycles. The van der Waals surface area contributed by atoms with Crippen LogP contribution in [-0.4, -0.2) is 29.9 Å². The molecule has 0 aliphatic carbocycles. The predicted octanol–water partition coefficient (Wildman–Crippen LogP) is 2.44. The molecule has 2 rings (SSSR count). The largest absolute Gasteiger partial charge is 0.391 e. The molecule has 1 aliphatic rings. The number of rotatable bonds is 2. The number of ether oxygens (including phenoxy) is 1. The maximum atomic E-state index is 11.2. The number of hydrogen-bond acceptors (Lipinski definition) is 4. The van der Waals surface area contributed by atoms with Gasteiger partial charge in [0.2, 0.25) is 0 Å². The van der Waals surface area contributed by atoms with Crippen LogP contribution < -0.4 is 0 Å². The number of hydrogen-bond donors (Lipinski definition) is 0. The molecule has 1 heterocycles. The van der Waals surface area contributed by atoms with Gasteiger partial charge in [-0.25, -0.2) is 0 Å². The Balaban J connectivity index is 2.22. The van der Waals surface area contributed by atoms with Gasteiger partial charge in [0.1, 0.15) is 0 Å². The zero-order valence-electron chi connectivity index (χ0n) is 9.65. The first-order chi connectivity index (χ1) is 8.47. The molecular formula is C12H11Cl2NO3. The second kappa shape index (κ2) is 5.26.